The van der Waals surface area contributed by atoms with Gasteiger partial charge >= 0.3 is 5.97 Å². The summed E-state index contributed by atoms with van der Waals surface area (Å²) in [5.74, 6) is 0.275. The molecule has 0 saturated heterocycles. The molecule has 2 nitrogen and oxygen atoms in total. The minimum atomic E-state index is 0.0345. The van der Waals surface area contributed by atoms with Crippen molar-refractivity contribution in [3.63, 3.8) is 0 Å². The number of hydrogen-bond donors (Lipinski definition) is 0. The van der Waals surface area contributed by atoms with E-state index in [9.17, 15) is 4.79 Å². The van der Waals surface area contributed by atoms with Gasteiger partial charge in [-0.05, 0) is 38.5 Å². The van der Waals surface area contributed by atoms with Gasteiger partial charge in [0.2, 0.25) is 0 Å². The van der Waals surface area contributed by atoms with Crippen LogP contribution in [0.5, 0.6) is 0 Å². The average Bonchev–Trinajstić information content (AvgIpc) is 3.42. The van der Waals surface area contributed by atoms with Crippen molar-refractivity contribution in [2.75, 3.05) is 6.61 Å². The van der Waals surface area contributed by atoms with Crippen molar-refractivity contribution in [3.05, 3.63) is 36.5 Å². The van der Waals surface area contributed by atoms with Crippen molar-refractivity contribution >= 4 is 5.97 Å². The molecule has 0 aromatic rings. The molecule has 136 valence electrons. The van der Waals surface area contributed by atoms with Crippen LogP contribution >= 0.6 is 0 Å². The molecule has 0 aromatic heterocycles. The van der Waals surface area contributed by atoms with Crippen LogP contribution in [0, 0.1) is 5.92 Å². The van der Waals surface area contributed by atoms with Gasteiger partial charge in [0, 0.05) is 0 Å². The Bertz CT molecular complexity index is 389. The van der Waals surface area contributed by atoms with Crippen LogP contribution in [0.15, 0.2) is 36.5 Å². The van der Waals surface area contributed by atoms with Gasteiger partial charge in [-0.1, -0.05) is 81.9 Å². The summed E-state index contributed by atoms with van der Waals surface area (Å²) in [6, 6.07) is 0. The van der Waals surface area contributed by atoms with E-state index in [-0.39, 0.29) is 11.9 Å². The van der Waals surface area contributed by atoms with Gasteiger partial charge in [0.25, 0.3) is 0 Å². The molecule has 0 aliphatic heterocycles. The molecule has 0 atom stereocenters. The van der Waals surface area contributed by atoms with E-state index in [0.717, 1.165) is 19.3 Å². The van der Waals surface area contributed by atoms with Gasteiger partial charge in [-0.2, -0.15) is 0 Å². The van der Waals surface area contributed by atoms with Crippen molar-refractivity contribution in [1.29, 1.82) is 0 Å². The van der Waals surface area contributed by atoms with E-state index < -0.39 is 0 Å². The molecule has 1 rings (SSSR count). The van der Waals surface area contributed by atoms with Gasteiger partial charge in [0.05, 0.1) is 12.5 Å². The van der Waals surface area contributed by atoms with Gasteiger partial charge in [0.1, 0.15) is 0 Å². The van der Waals surface area contributed by atoms with E-state index in [1.807, 2.05) is 0 Å². The fourth-order valence-corrected chi connectivity index (χ4v) is 2.48. The van der Waals surface area contributed by atoms with Gasteiger partial charge < -0.3 is 4.74 Å². The standard InChI is InChI=1S/C22H36O2/c1-2-3-4-5-6-7-8-9-10-11-12-13-14-15-16-17-20-24-22(23)21-18-19-21/h5-10,21H,2-4,11-20H2,1H3/b6-5+,8-7+,10-9+. The van der Waals surface area contributed by atoms with Crippen LogP contribution < -0.4 is 0 Å². The summed E-state index contributed by atoms with van der Waals surface area (Å²) in [6.45, 7) is 2.84. The van der Waals surface area contributed by atoms with Gasteiger partial charge in [-0.15, -0.1) is 0 Å². The van der Waals surface area contributed by atoms with Crippen molar-refractivity contribution in [3.8, 4) is 0 Å². The number of carbonyl (C=O) groups excluding carboxylic acids is 1. The Kier molecular flexibility index (Phi) is 13.2. The highest BCUT2D eigenvalue weighted by atomic mass is 16.5. The summed E-state index contributed by atoms with van der Waals surface area (Å²) in [7, 11) is 0. The third-order valence-electron chi connectivity index (χ3n) is 4.25. The number of hydrogen-bond acceptors (Lipinski definition) is 2. The molecular weight excluding hydrogens is 296 g/mol. The summed E-state index contributed by atoms with van der Waals surface area (Å²) in [6.07, 6.45) is 27.3. The lowest BCUT2D eigenvalue weighted by Crippen LogP contribution is -2.07. The zero-order chi connectivity index (χ0) is 17.3. The molecule has 0 radical (unpaired) electrons. The van der Waals surface area contributed by atoms with E-state index >= 15 is 0 Å². The molecule has 0 bridgehead atoms. The topological polar surface area (TPSA) is 26.3 Å². The second-order valence-electron chi connectivity index (χ2n) is 6.74. The number of esters is 1. The third-order valence-corrected chi connectivity index (χ3v) is 4.25. The monoisotopic (exact) mass is 332 g/mol. The maximum absolute atomic E-state index is 11.3. The second-order valence-corrected chi connectivity index (χ2v) is 6.74. The van der Waals surface area contributed by atoms with E-state index in [2.05, 4.69) is 43.4 Å². The zero-order valence-corrected chi connectivity index (χ0v) is 15.6. The summed E-state index contributed by atoms with van der Waals surface area (Å²) < 4.78 is 5.23. The first-order chi connectivity index (χ1) is 11.8. The van der Waals surface area contributed by atoms with E-state index in [4.69, 9.17) is 4.74 Å². The smallest absolute Gasteiger partial charge is 0.308 e. The number of rotatable bonds is 15. The molecule has 2 heteroatoms. The van der Waals surface area contributed by atoms with Crippen LogP contribution in [0.3, 0.4) is 0 Å². The number of unbranched alkanes of at least 4 members (excludes halogenated alkanes) is 8. The van der Waals surface area contributed by atoms with Crippen molar-refractivity contribution in [2.45, 2.75) is 84.0 Å². The van der Waals surface area contributed by atoms with E-state index in [0.29, 0.717) is 6.61 Å². The molecule has 1 fully saturated rings. The highest BCUT2D eigenvalue weighted by Crippen LogP contribution is 2.30. The van der Waals surface area contributed by atoms with Crippen LogP contribution in [0.25, 0.3) is 0 Å². The molecule has 1 saturated carbocycles. The molecule has 0 aromatic carbocycles. The first-order valence-corrected chi connectivity index (χ1v) is 9.99. The quantitative estimate of drug-likeness (QED) is 0.194. The molecule has 1 aliphatic carbocycles. The second kappa shape index (κ2) is 15.2. The Morgan fingerprint density at radius 3 is 2.04 bits per heavy atom. The van der Waals surface area contributed by atoms with Crippen molar-refractivity contribution in [1.82, 2.24) is 0 Å². The van der Waals surface area contributed by atoms with Gasteiger partial charge in [-0.25, -0.2) is 0 Å². The van der Waals surface area contributed by atoms with E-state index in [1.165, 1.54) is 57.8 Å². The highest BCUT2D eigenvalue weighted by molar-refractivity contribution is 5.74. The third kappa shape index (κ3) is 13.2. The minimum Gasteiger partial charge on any atom is -0.465 e. The summed E-state index contributed by atoms with van der Waals surface area (Å²) >= 11 is 0. The maximum atomic E-state index is 11.3. The van der Waals surface area contributed by atoms with Crippen molar-refractivity contribution < 1.29 is 9.53 Å². The Morgan fingerprint density at radius 2 is 1.42 bits per heavy atom. The molecule has 1 aliphatic rings. The summed E-state index contributed by atoms with van der Waals surface area (Å²) in [5.41, 5.74) is 0. The fourth-order valence-electron chi connectivity index (χ4n) is 2.48. The number of carbonyl (C=O) groups is 1. The molecule has 0 spiro atoms. The first-order valence-electron chi connectivity index (χ1n) is 9.99. The Morgan fingerprint density at radius 1 is 0.833 bits per heavy atom. The highest BCUT2D eigenvalue weighted by Gasteiger charge is 2.30. The number of allylic oxidation sites excluding steroid dienone is 6. The summed E-state index contributed by atoms with van der Waals surface area (Å²) in [4.78, 5) is 11.3. The van der Waals surface area contributed by atoms with Gasteiger partial charge in [0.15, 0.2) is 0 Å². The minimum absolute atomic E-state index is 0.0345. The molecule has 24 heavy (non-hydrogen) atoms. The zero-order valence-electron chi connectivity index (χ0n) is 15.6. The normalized spacial score (nSPS) is 15.0. The average molecular weight is 333 g/mol. The largest absolute Gasteiger partial charge is 0.465 e. The Labute approximate surface area is 149 Å². The lowest BCUT2D eigenvalue weighted by molar-refractivity contribution is -0.145. The Hall–Kier alpha value is -1.31. The molecule has 0 unspecified atom stereocenters. The van der Waals surface area contributed by atoms with E-state index in [1.54, 1.807) is 0 Å². The number of ether oxygens (including phenoxy) is 1. The predicted molar refractivity (Wildman–Crippen MR) is 103 cm³/mol. The lowest BCUT2D eigenvalue weighted by Gasteiger charge is -2.03. The maximum Gasteiger partial charge on any atom is 0.308 e. The van der Waals surface area contributed by atoms with Crippen LogP contribution in [0.2, 0.25) is 0 Å². The SMILES string of the molecule is CCCC/C=C/C=C/C=C/CCCCCCCCOC(=O)C1CC1. The van der Waals surface area contributed by atoms with Crippen LogP contribution in [0.1, 0.15) is 84.0 Å². The summed E-state index contributed by atoms with van der Waals surface area (Å²) in [5, 5.41) is 0. The molecule has 0 amide bonds. The fraction of sp³-hybridized carbons (Fsp3) is 0.682. The lowest BCUT2D eigenvalue weighted by atomic mass is 10.1. The molecule has 0 N–H and O–H groups in total. The van der Waals surface area contributed by atoms with Crippen molar-refractivity contribution in [2.24, 2.45) is 5.92 Å². The first kappa shape index (κ1) is 20.7. The van der Waals surface area contributed by atoms with Crippen LogP contribution in [-0.4, -0.2) is 12.6 Å². The predicted octanol–water partition coefficient (Wildman–Crippen LogP) is 6.53. The molecular formula is C22H36O2. The Balaban J connectivity index is 1.78. The van der Waals surface area contributed by atoms with Crippen LogP contribution in [-0.2, 0) is 9.53 Å². The van der Waals surface area contributed by atoms with Crippen LogP contribution in [0.4, 0.5) is 0 Å². The molecule has 0 heterocycles. The van der Waals surface area contributed by atoms with Gasteiger partial charge in [-0.3, -0.25) is 4.79 Å².